The van der Waals surface area contributed by atoms with Gasteiger partial charge in [-0.15, -0.1) is 22.0 Å². The molecule has 7 nitrogen and oxygen atoms in total. The normalized spacial score (nSPS) is 24.6. The molecule has 1 aromatic heterocycles. The number of aliphatic hydroxyl groups excluding tert-OH is 1. The van der Waals surface area contributed by atoms with Gasteiger partial charge in [0.25, 0.3) is 0 Å². The zero-order valence-electron chi connectivity index (χ0n) is 11.8. The molecule has 0 aromatic carbocycles. The van der Waals surface area contributed by atoms with Crippen LogP contribution in [-0.4, -0.2) is 49.3 Å². The Labute approximate surface area is 160 Å². The molecule has 112 valence electrons. The van der Waals surface area contributed by atoms with E-state index in [1.165, 1.54) is 46.7 Å². The molecule has 22 heavy (non-hydrogen) atoms. The van der Waals surface area contributed by atoms with Crippen LogP contribution in [0, 0.1) is 5.92 Å². The molecule has 0 bridgehead atoms. The molecular formula is C11H10N3NaO4S3. The molecule has 1 amide bonds. The van der Waals surface area contributed by atoms with Crippen LogP contribution in [0.4, 0.5) is 0 Å². The van der Waals surface area contributed by atoms with E-state index in [2.05, 4.69) is 10.2 Å². The third-order valence-electron chi connectivity index (χ3n) is 3.23. The summed E-state index contributed by atoms with van der Waals surface area (Å²) in [4.78, 5) is 25.1. The summed E-state index contributed by atoms with van der Waals surface area (Å²) in [6.07, 6.45) is -0.801. The van der Waals surface area contributed by atoms with Crippen molar-refractivity contribution in [1.82, 2.24) is 15.1 Å². The number of aromatic nitrogens is 2. The number of rotatable bonds is 5. The van der Waals surface area contributed by atoms with Gasteiger partial charge in [-0.25, -0.2) is 0 Å². The third-order valence-corrected chi connectivity index (χ3v) is 6.67. The van der Waals surface area contributed by atoms with Gasteiger partial charge >= 0.3 is 29.6 Å². The van der Waals surface area contributed by atoms with E-state index >= 15 is 0 Å². The smallest absolute Gasteiger partial charge is 0.543 e. The Morgan fingerprint density at radius 2 is 2.36 bits per heavy atom. The zero-order valence-corrected chi connectivity index (χ0v) is 16.2. The summed E-state index contributed by atoms with van der Waals surface area (Å²) in [5, 5.41) is 28.2. The Balaban J connectivity index is 0.00000176. The summed E-state index contributed by atoms with van der Waals surface area (Å²) in [5.74, 6) is -1.91. The Kier molecular flexibility index (Phi) is 5.97. The van der Waals surface area contributed by atoms with E-state index in [4.69, 9.17) is 0 Å². The van der Waals surface area contributed by atoms with E-state index in [9.17, 15) is 19.8 Å². The average molecular weight is 367 g/mol. The fraction of sp³-hybridized carbons (Fsp3) is 0.455. The first-order chi connectivity index (χ1) is 10.0. The maximum absolute atomic E-state index is 12.0. The topological polar surface area (TPSA) is 106 Å². The number of hydrogen-bond acceptors (Lipinski definition) is 9. The van der Waals surface area contributed by atoms with Crippen LogP contribution in [0.15, 0.2) is 20.5 Å². The second-order valence-corrected chi connectivity index (χ2v) is 7.80. The molecule has 3 heterocycles. The quantitative estimate of drug-likeness (QED) is 0.325. The van der Waals surface area contributed by atoms with Gasteiger partial charge in [0.15, 0.2) is 4.34 Å². The SMILES string of the molecule is CC(O)[C@@H]1C(=O)N2C(C(=O)[O-])=C(CSc3nncs3)S[C@H]12.[Na+]. The number of fused-ring (bicyclic) bond motifs is 1. The van der Waals surface area contributed by atoms with Crippen molar-refractivity contribution in [3.05, 3.63) is 16.1 Å². The van der Waals surface area contributed by atoms with E-state index in [1.807, 2.05) is 0 Å². The van der Waals surface area contributed by atoms with E-state index < -0.39 is 18.0 Å². The van der Waals surface area contributed by atoms with Crippen LogP contribution < -0.4 is 34.7 Å². The standard InChI is InChI=1S/C11H11N3O4S3.Na/c1-4(15)6-8(16)14-7(10(17)18)5(21-9(6)14)2-19-11-13-12-3-20-11;/h3-4,6,9,15H,2H2,1H3,(H,17,18);/q;+1/p-1/t4?,6-,9-;/m1./s1. The van der Waals surface area contributed by atoms with Crippen molar-refractivity contribution in [3.63, 3.8) is 0 Å². The molecule has 1 aromatic rings. The number of nitrogens with zero attached hydrogens (tertiary/aromatic N) is 3. The van der Waals surface area contributed by atoms with E-state index in [1.54, 1.807) is 5.51 Å². The molecule has 3 atom stereocenters. The van der Waals surface area contributed by atoms with Crippen molar-refractivity contribution < 1.29 is 49.4 Å². The van der Waals surface area contributed by atoms with Crippen molar-refractivity contribution in [1.29, 1.82) is 0 Å². The number of amides is 1. The molecule has 1 N–H and O–H groups in total. The monoisotopic (exact) mass is 367 g/mol. The molecule has 1 saturated heterocycles. The Hall–Kier alpha value is -0.1000. The van der Waals surface area contributed by atoms with Crippen LogP contribution in [0.2, 0.25) is 0 Å². The molecule has 0 radical (unpaired) electrons. The van der Waals surface area contributed by atoms with Crippen LogP contribution in [0.5, 0.6) is 0 Å². The Morgan fingerprint density at radius 1 is 1.64 bits per heavy atom. The summed E-state index contributed by atoms with van der Waals surface area (Å²) in [5.41, 5.74) is 1.52. The minimum absolute atomic E-state index is 0. The minimum atomic E-state index is -1.37. The molecule has 1 fully saturated rings. The van der Waals surface area contributed by atoms with Crippen molar-refractivity contribution >= 4 is 46.7 Å². The summed E-state index contributed by atoms with van der Waals surface area (Å²) in [6.45, 7) is 1.53. The van der Waals surface area contributed by atoms with Crippen molar-refractivity contribution in [3.8, 4) is 0 Å². The molecule has 2 aliphatic rings. The number of carboxylic acid groups (broad SMARTS) is 1. The second-order valence-electron chi connectivity index (χ2n) is 4.54. The fourth-order valence-electron chi connectivity index (χ4n) is 2.30. The molecule has 0 saturated carbocycles. The van der Waals surface area contributed by atoms with Gasteiger partial charge in [0.05, 0.1) is 23.7 Å². The fourth-order valence-corrected chi connectivity index (χ4v) is 5.49. The Bertz CT molecular complexity index is 622. The number of thioether (sulfide) groups is 2. The average Bonchev–Trinajstić information content (AvgIpc) is 3.01. The molecule has 1 unspecified atom stereocenters. The van der Waals surface area contributed by atoms with Crippen molar-refractivity contribution in [2.45, 2.75) is 22.7 Å². The number of β-lactam (4-membered cyclic amide) rings is 1. The van der Waals surface area contributed by atoms with Crippen molar-refractivity contribution in [2.75, 3.05) is 5.75 Å². The van der Waals surface area contributed by atoms with Gasteiger partial charge in [0.2, 0.25) is 5.91 Å². The summed E-state index contributed by atoms with van der Waals surface area (Å²) in [6, 6.07) is 0. The van der Waals surface area contributed by atoms with Crippen LogP contribution in [0.25, 0.3) is 0 Å². The molecule has 11 heteroatoms. The first-order valence-corrected chi connectivity index (χ1v) is 8.76. The van der Waals surface area contributed by atoms with E-state index in [-0.39, 0.29) is 46.5 Å². The zero-order chi connectivity index (χ0) is 15.1. The van der Waals surface area contributed by atoms with Crippen LogP contribution in [0.3, 0.4) is 0 Å². The molecule has 3 rings (SSSR count). The maximum Gasteiger partial charge on any atom is 1.00 e. The first kappa shape index (κ1) is 18.2. The summed E-state index contributed by atoms with van der Waals surface area (Å²) in [7, 11) is 0. The number of hydrogen-bond donors (Lipinski definition) is 1. The molecule has 0 spiro atoms. The van der Waals surface area contributed by atoms with Gasteiger partial charge in [-0.3, -0.25) is 9.69 Å². The number of carbonyl (C=O) groups excluding carboxylic acids is 2. The maximum atomic E-state index is 12.0. The van der Waals surface area contributed by atoms with Gasteiger partial charge in [0.1, 0.15) is 10.9 Å². The van der Waals surface area contributed by atoms with Crippen LogP contribution in [-0.2, 0) is 9.59 Å². The minimum Gasteiger partial charge on any atom is -0.543 e. The predicted molar refractivity (Wildman–Crippen MR) is 76.1 cm³/mol. The van der Waals surface area contributed by atoms with Crippen LogP contribution in [0.1, 0.15) is 6.92 Å². The number of carboxylic acids is 1. The van der Waals surface area contributed by atoms with Gasteiger partial charge in [0, 0.05) is 10.7 Å². The van der Waals surface area contributed by atoms with E-state index in [0.717, 1.165) is 4.34 Å². The summed E-state index contributed by atoms with van der Waals surface area (Å²) < 4.78 is 0.730. The van der Waals surface area contributed by atoms with Gasteiger partial charge < -0.3 is 15.0 Å². The second kappa shape index (κ2) is 7.20. The Morgan fingerprint density at radius 3 is 2.91 bits per heavy atom. The number of aliphatic carboxylic acids is 1. The molecule has 0 aliphatic carbocycles. The summed E-state index contributed by atoms with van der Waals surface area (Å²) >= 11 is 4.03. The largest absolute Gasteiger partial charge is 1.00 e. The first-order valence-electron chi connectivity index (χ1n) is 6.02. The van der Waals surface area contributed by atoms with Crippen molar-refractivity contribution in [2.24, 2.45) is 5.92 Å². The number of carbonyl (C=O) groups is 2. The predicted octanol–water partition coefficient (Wildman–Crippen LogP) is -3.49. The molecular weight excluding hydrogens is 357 g/mol. The molecule has 2 aliphatic heterocycles. The van der Waals surface area contributed by atoms with Gasteiger partial charge in [-0.05, 0) is 6.92 Å². The number of aliphatic hydroxyl groups is 1. The van der Waals surface area contributed by atoms with Gasteiger partial charge in [-0.2, -0.15) is 0 Å². The van der Waals surface area contributed by atoms with Crippen LogP contribution >= 0.6 is 34.9 Å². The third kappa shape index (κ3) is 3.10. The van der Waals surface area contributed by atoms with Gasteiger partial charge in [-0.1, -0.05) is 23.1 Å². The van der Waals surface area contributed by atoms with E-state index in [0.29, 0.717) is 10.7 Å².